The second-order valence-corrected chi connectivity index (χ2v) is 7.14. The van der Waals surface area contributed by atoms with Gasteiger partial charge in [-0.15, -0.1) is 11.3 Å². The standard InChI is InChI=1S/C19H23NO3S/c1-5-6-15-10-17(24-14(15)4)19(22)23-11-18(21)20-16-8-7-12(2)9-13(16)3/h7-10H,5-6,11H2,1-4H3,(H,20,21). The number of amides is 1. The molecule has 0 unspecified atom stereocenters. The summed E-state index contributed by atoms with van der Waals surface area (Å²) in [6.07, 6.45) is 1.98. The fourth-order valence-corrected chi connectivity index (χ4v) is 3.45. The number of hydrogen-bond acceptors (Lipinski definition) is 4. The van der Waals surface area contributed by atoms with Crippen LogP contribution in [-0.2, 0) is 16.0 Å². The minimum absolute atomic E-state index is 0.286. The second kappa shape index (κ2) is 8.11. The molecule has 0 aliphatic rings. The van der Waals surface area contributed by atoms with Crippen LogP contribution in [0.5, 0.6) is 0 Å². The van der Waals surface area contributed by atoms with Gasteiger partial charge in [0.15, 0.2) is 6.61 Å². The molecule has 1 N–H and O–H groups in total. The Morgan fingerprint density at radius 1 is 1.17 bits per heavy atom. The van der Waals surface area contributed by atoms with E-state index in [1.54, 1.807) is 0 Å². The molecule has 24 heavy (non-hydrogen) atoms. The van der Waals surface area contributed by atoms with E-state index in [4.69, 9.17) is 4.74 Å². The minimum Gasteiger partial charge on any atom is -0.451 e. The van der Waals surface area contributed by atoms with E-state index < -0.39 is 5.97 Å². The van der Waals surface area contributed by atoms with Crippen LogP contribution >= 0.6 is 11.3 Å². The summed E-state index contributed by atoms with van der Waals surface area (Å²) >= 11 is 1.42. The van der Waals surface area contributed by atoms with Crippen molar-refractivity contribution < 1.29 is 14.3 Å². The summed E-state index contributed by atoms with van der Waals surface area (Å²) in [6.45, 7) is 7.74. The fourth-order valence-electron chi connectivity index (χ4n) is 2.48. The van der Waals surface area contributed by atoms with E-state index in [0.717, 1.165) is 34.5 Å². The van der Waals surface area contributed by atoms with Crippen LogP contribution in [0, 0.1) is 20.8 Å². The SMILES string of the molecule is CCCc1cc(C(=O)OCC(=O)Nc2ccc(C)cc2C)sc1C. The first kappa shape index (κ1) is 18.2. The summed E-state index contributed by atoms with van der Waals surface area (Å²) in [4.78, 5) is 25.7. The molecule has 128 valence electrons. The van der Waals surface area contributed by atoms with Crippen molar-refractivity contribution >= 4 is 28.9 Å². The Bertz CT molecular complexity index is 749. The highest BCUT2D eigenvalue weighted by Gasteiger charge is 2.15. The number of aryl methyl sites for hydroxylation is 4. The molecule has 0 fully saturated rings. The number of carbonyl (C=O) groups excluding carboxylic acids is 2. The minimum atomic E-state index is -0.443. The summed E-state index contributed by atoms with van der Waals surface area (Å²) in [5.74, 6) is -0.779. The number of esters is 1. The average molecular weight is 345 g/mol. The van der Waals surface area contributed by atoms with Gasteiger partial charge in [0.25, 0.3) is 5.91 Å². The van der Waals surface area contributed by atoms with Crippen molar-refractivity contribution in [2.75, 3.05) is 11.9 Å². The van der Waals surface area contributed by atoms with Crippen LogP contribution < -0.4 is 5.32 Å². The second-order valence-electron chi connectivity index (χ2n) is 5.88. The van der Waals surface area contributed by atoms with Crippen LogP contribution in [0.1, 0.15) is 44.6 Å². The molecule has 2 rings (SSSR count). The zero-order valence-corrected chi connectivity index (χ0v) is 15.4. The van der Waals surface area contributed by atoms with E-state index in [1.165, 1.54) is 16.9 Å². The predicted molar refractivity (Wildman–Crippen MR) is 97.9 cm³/mol. The maximum absolute atomic E-state index is 12.1. The van der Waals surface area contributed by atoms with E-state index in [9.17, 15) is 9.59 Å². The molecule has 1 amide bonds. The van der Waals surface area contributed by atoms with E-state index >= 15 is 0 Å². The normalized spacial score (nSPS) is 10.5. The fraction of sp³-hybridized carbons (Fsp3) is 0.368. The quantitative estimate of drug-likeness (QED) is 0.789. The molecular formula is C19H23NO3S. The molecule has 1 heterocycles. The number of thiophene rings is 1. The molecule has 0 aliphatic heterocycles. The Morgan fingerprint density at radius 3 is 2.58 bits per heavy atom. The number of hydrogen-bond donors (Lipinski definition) is 1. The highest BCUT2D eigenvalue weighted by Crippen LogP contribution is 2.23. The number of rotatable bonds is 6. The lowest BCUT2D eigenvalue weighted by Gasteiger charge is -2.09. The third kappa shape index (κ3) is 4.68. The first-order valence-electron chi connectivity index (χ1n) is 8.04. The molecule has 5 heteroatoms. The smallest absolute Gasteiger partial charge is 0.348 e. The van der Waals surface area contributed by atoms with Gasteiger partial charge in [-0.1, -0.05) is 31.0 Å². The molecule has 2 aromatic rings. The molecule has 0 bridgehead atoms. The zero-order chi connectivity index (χ0) is 17.7. The Labute approximate surface area is 146 Å². The third-order valence-corrected chi connectivity index (χ3v) is 4.80. The Hall–Kier alpha value is -2.14. The Balaban J connectivity index is 1.91. The van der Waals surface area contributed by atoms with Gasteiger partial charge in [-0.05, 0) is 50.5 Å². The third-order valence-electron chi connectivity index (χ3n) is 3.73. The average Bonchev–Trinajstić information content (AvgIpc) is 2.89. The van der Waals surface area contributed by atoms with Gasteiger partial charge in [0, 0.05) is 10.6 Å². The molecule has 1 aromatic carbocycles. The Morgan fingerprint density at radius 2 is 1.92 bits per heavy atom. The van der Waals surface area contributed by atoms with Crippen molar-refractivity contribution in [3.05, 3.63) is 50.7 Å². The molecular weight excluding hydrogens is 322 g/mol. The molecule has 0 saturated carbocycles. The highest BCUT2D eigenvalue weighted by atomic mass is 32.1. The number of ether oxygens (including phenoxy) is 1. The first-order chi connectivity index (χ1) is 11.4. The lowest BCUT2D eigenvalue weighted by atomic mass is 10.1. The van der Waals surface area contributed by atoms with Crippen molar-refractivity contribution in [2.24, 2.45) is 0 Å². The van der Waals surface area contributed by atoms with Gasteiger partial charge >= 0.3 is 5.97 Å². The number of carbonyl (C=O) groups is 2. The molecule has 0 saturated heterocycles. The van der Waals surface area contributed by atoms with Crippen molar-refractivity contribution in [3.8, 4) is 0 Å². The molecule has 4 nitrogen and oxygen atoms in total. The van der Waals surface area contributed by atoms with Gasteiger partial charge in [0.1, 0.15) is 4.88 Å². The van der Waals surface area contributed by atoms with Crippen LogP contribution in [0.2, 0.25) is 0 Å². The molecule has 0 atom stereocenters. The van der Waals surface area contributed by atoms with Gasteiger partial charge in [-0.25, -0.2) is 4.79 Å². The lowest BCUT2D eigenvalue weighted by Crippen LogP contribution is -2.21. The maximum atomic E-state index is 12.1. The molecule has 0 spiro atoms. The van der Waals surface area contributed by atoms with Crippen LogP contribution in [0.25, 0.3) is 0 Å². The largest absolute Gasteiger partial charge is 0.451 e. The summed E-state index contributed by atoms with van der Waals surface area (Å²) in [5.41, 5.74) is 4.02. The zero-order valence-electron chi connectivity index (χ0n) is 14.6. The van der Waals surface area contributed by atoms with Crippen molar-refractivity contribution in [1.29, 1.82) is 0 Å². The van der Waals surface area contributed by atoms with E-state index in [-0.39, 0.29) is 12.5 Å². The van der Waals surface area contributed by atoms with Gasteiger partial charge in [-0.2, -0.15) is 0 Å². The molecule has 1 aromatic heterocycles. The summed E-state index contributed by atoms with van der Waals surface area (Å²) < 4.78 is 5.13. The van der Waals surface area contributed by atoms with Gasteiger partial charge in [-0.3, -0.25) is 4.79 Å². The summed E-state index contributed by atoms with van der Waals surface area (Å²) in [7, 11) is 0. The van der Waals surface area contributed by atoms with Gasteiger partial charge in [0.2, 0.25) is 0 Å². The van der Waals surface area contributed by atoms with E-state index in [1.807, 2.05) is 45.0 Å². The summed E-state index contributed by atoms with van der Waals surface area (Å²) in [5, 5.41) is 2.77. The van der Waals surface area contributed by atoms with Crippen molar-refractivity contribution in [3.63, 3.8) is 0 Å². The monoisotopic (exact) mass is 345 g/mol. The maximum Gasteiger partial charge on any atom is 0.348 e. The molecule has 0 aliphatic carbocycles. The van der Waals surface area contributed by atoms with Crippen molar-refractivity contribution in [2.45, 2.75) is 40.5 Å². The predicted octanol–water partition coefficient (Wildman–Crippen LogP) is 4.42. The number of anilines is 1. The van der Waals surface area contributed by atoms with Gasteiger partial charge < -0.3 is 10.1 Å². The van der Waals surface area contributed by atoms with E-state index in [2.05, 4.69) is 12.2 Å². The van der Waals surface area contributed by atoms with Gasteiger partial charge in [0.05, 0.1) is 0 Å². The topological polar surface area (TPSA) is 55.4 Å². The van der Waals surface area contributed by atoms with E-state index in [0.29, 0.717) is 4.88 Å². The number of nitrogens with one attached hydrogen (secondary N) is 1. The van der Waals surface area contributed by atoms with Crippen LogP contribution in [-0.4, -0.2) is 18.5 Å². The van der Waals surface area contributed by atoms with Crippen LogP contribution in [0.15, 0.2) is 24.3 Å². The van der Waals surface area contributed by atoms with Crippen molar-refractivity contribution in [1.82, 2.24) is 0 Å². The first-order valence-corrected chi connectivity index (χ1v) is 8.86. The number of benzene rings is 1. The summed E-state index contributed by atoms with van der Waals surface area (Å²) in [6, 6.07) is 7.64. The highest BCUT2D eigenvalue weighted by molar-refractivity contribution is 7.14. The van der Waals surface area contributed by atoms with Crippen LogP contribution in [0.4, 0.5) is 5.69 Å². The molecule has 0 radical (unpaired) electrons. The van der Waals surface area contributed by atoms with Crippen LogP contribution in [0.3, 0.4) is 0 Å². The lowest BCUT2D eigenvalue weighted by molar-refractivity contribution is -0.119. The Kier molecular flexibility index (Phi) is 6.15.